The molecule has 0 spiro atoms. The van der Waals surface area contributed by atoms with Gasteiger partial charge in [0.05, 0.1) is 0 Å². The van der Waals surface area contributed by atoms with E-state index in [0.29, 0.717) is 19.3 Å². The number of hydrogen-bond acceptors (Lipinski definition) is 6. The molecule has 1 unspecified atom stereocenters. The first-order valence-corrected chi connectivity index (χ1v) is 23.9. The van der Waals surface area contributed by atoms with Gasteiger partial charge in [0.2, 0.25) is 0 Å². The van der Waals surface area contributed by atoms with Gasteiger partial charge in [0.1, 0.15) is 13.2 Å². The Hall–Kier alpha value is -1.59. The summed E-state index contributed by atoms with van der Waals surface area (Å²) in [5.74, 6) is -0.0454. The summed E-state index contributed by atoms with van der Waals surface area (Å²) in [5, 5.41) is 0. The molecule has 0 radical (unpaired) electrons. The van der Waals surface area contributed by atoms with Crippen LogP contribution in [0.15, 0.2) is 0 Å². The number of hydrogen-bond donors (Lipinski definition) is 0. The fourth-order valence-corrected chi connectivity index (χ4v) is 7.12. The molecule has 2 atom stereocenters. The van der Waals surface area contributed by atoms with Crippen LogP contribution in [0.2, 0.25) is 0 Å². The van der Waals surface area contributed by atoms with Crippen LogP contribution in [0, 0.1) is 5.92 Å². The van der Waals surface area contributed by atoms with Gasteiger partial charge in [-0.05, 0) is 25.2 Å². The van der Waals surface area contributed by atoms with Gasteiger partial charge < -0.3 is 14.2 Å². The van der Waals surface area contributed by atoms with Crippen LogP contribution in [-0.2, 0) is 28.6 Å². The summed E-state index contributed by atoms with van der Waals surface area (Å²) in [4.78, 5) is 37.7. The number of carbonyl (C=O) groups excluding carboxylic acids is 3. The first-order valence-electron chi connectivity index (χ1n) is 23.9. The summed E-state index contributed by atoms with van der Waals surface area (Å²) < 4.78 is 16.7. The zero-order chi connectivity index (χ0) is 39.6. The number of esters is 3. The van der Waals surface area contributed by atoms with Crippen molar-refractivity contribution >= 4 is 17.9 Å². The molecule has 0 saturated heterocycles. The third kappa shape index (κ3) is 40.1. The Kier molecular flexibility index (Phi) is 41.3. The highest BCUT2D eigenvalue weighted by Crippen LogP contribution is 2.17. The lowest BCUT2D eigenvalue weighted by atomic mass is 10.00. The van der Waals surface area contributed by atoms with E-state index in [1.165, 1.54) is 161 Å². The van der Waals surface area contributed by atoms with Crippen LogP contribution in [-0.4, -0.2) is 37.2 Å². The van der Waals surface area contributed by atoms with Crippen molar-refractivity contribution in [1.82, 2.24) is 0 Å². The molecular formula is C48H92O6. The van der Waals surface area contributed by atoms with Gasteiger partial charge in [0.25, 0.3) is 0 Å². The molecule has 0 aromatic carbocycles. The number of unbranched alkanes of at least 4 members (excludes halogenated alkanes) is 29. The molecular weight excluding hydrogens is 673 g/mol. The van der Waals surface area contributed by atoms with Gasteiger partial charge in [0, 0.05) is 19.3 Å². The lowest BCUT2D eigenvalue weighted by molar-refractivity contribution is -0.167. The molecule has 54 heavy (non-hydrogen) atoms. The summed E-state index contributed by atoms with van der Waals surface area (Å²) in [5.41, 5.74) is 0. The summed E-state index contributed by atoms with van der Waals surface area (Å²) in [6, 6.07) is 0. The fraction of sp³-hybridized carbons (Fsp3) is 0.938. The second-order valence-corrected chi connectivity index (χ2v) is 16.6. The van der Waals surface area contributed by atoms with Crippen LogP contribution >= 0.6 is 0 Å². The SMILES string of the molecule is CCCCCCCCCCCCCCCCCCC(=O)OC[C@H](COC(=O)CCCCCCCCCCCC)OC(=O)CCCCCCCCC(C)CC. The molecule has 320 valence electrons. The van der Waals surface area contributed by atoms with E-state index in [9.17, 15) is 14.4 Å². The predicted octanol–water partition coefficient (Wildman–Crippen LogP) is 15.1. The maximum Gasteiger partial charge on any atom is 0.306 e. The molecule has 0 fully saturated rings. The highest BCUT2D eigenvalue weighted by atomic mass is 16.6. The summed E-state index contributed by atoms with van der Waals surface area (Å²) in [6.45, 7) is 8.97. The van der Waals surface area contributed by atoms with Crippen molar-refractivity contribution < 1.29 is 28.6 Å². The van der Waals surface area contributed by atoms with Gasteiger partial charge in [-0.3, -0.25) is 14.4 Å². The van der Waals surface area contributed by atoms with Crippen LogP contribution in [0.5, 0.6) is 0 Å². The van der Waals surface area contributed by atoms with Crippen molar-refractivity contribution in [2.75, 3.05) is 13.2 Å². The maximum atomic E-state index is 12.7. The second-order valence-electron chi connectivity index (χ2n) is 16.6. The molecule has 0 aliphatic carbocycles. The van der Waals surface area contributed by atoms with E-state index in [2.05, 4.69) is 27.7 Å². The Morgan fingerprint density at radius 2 is 0.648 bits per heavy atom. The quantitative estimate of drug-likeness (QED) is 0.0349. The van der Waals surface area contributed by atoms with Gasteiger partial charge in [-0.25, -0.2) is 0 Å². The maximum absolute atomic E-state index is 12.7. The number of ether oxygens (including phenoxy) is 3. The third-order valence-corrected chi connectivity index (χ3v) is 11.2. The molecule has 0 saturated carbocycles. The fourth-order valence-electron chi connectivity index (χ4n) is 7.12. The Morgan fingerprint density at radius 3 is 0.963 bits per heavy atom. The Morgan fingerprint density at radius 1 is 0.370 bits per heavy atom. The Bertz CT molecular complexity index is 813. The van der Waals surface area contributed by atoms with Crippen molar-refractivity contribution in [2.24, 2.45) is 5.92 Å². The highest BCUT2D eigenvalue weighted by molar-refractivity contribution is 5.71. The first kappa shape index (κ1) is 52.4. The topological polar surface area (TPSA) is 78.9 Å². The summed E-state index contributed by atoms with van der Waals surface area (Å²) in [6.07, 6.45) is 42.3. The van der Waals surface area contributed by atoms with E-state index in [-0.39, 0.29) is 31.1 Å². The summed E-state index contributed by atoms with van der Waals surface area (Å²) >= 11 is 0. The smallest absolute Gasteiger partial charge is 0.306 e. The van der Waals surface area contributed by atoms with Gasteiger partial charge >= 0.3 is 17.9 Å². The molecule has 0 aliphatic heterocycles. The highest BCUT2D eigenvalue weighted by Gasteiger charge is 2.19. The lowest BCUT2D eigenvalue weighted by Gasteiger charge is -2.18. The van der Waals surface area contributed by atoms with Crippen molar-refractivity contribution in [3.63, 3.8) is 0 Å². The number of rotatable bonds is 43. The van der Waals surface area contributed by atoms with E-state index < -0.39 is 6.10 Å². The van der Waals surface area contributed by atoms with Crippen LogP contribution < -0.4 is 0 Å². The molecule has 0 N–H and O–H groups in total. The molecule has 6 heteroatoms. The van der Waals surface area contributed by atoms with Crippen molar-refractivity contribution in [3.05, 3.63) is 0 Å². The molecule has 0 aromatic heterocycles. The van der Waals surface area contributed by atoms with E-state index in [1.54, 1.807) is 0 Å². The molecule has 0 bridgehead atoms. The Labute approximate surface area is 336 Å². The van der Waals surface area contributed by atoms with Crippen molar-refractivity contribution in [3.8, 4) is 0 Å². The van der Waals surface area contributed by atoms with Gasteiger partial charge in [-0.15, -0.1) is 0 Å². The second kappa shape index (κ2) is 42.6. The van der Waals surface area contributed by atoms with Crippen molar-refractivity contribution in [2.45, 2.75) is 271 Å². The molecule has 0 aliphatic rings. The van der Waals surface area contributed by atoms with Crippen LogP contribution in [0.3, 0.4) is 0 Å². The van der Waals surface area contributed by atoms with E-state index >= 15 is 0 Å². The lowest BCUT2D eigenvalue weighted by Crippen LogP contribution is -2.30. The van der Waals surface area contributed by atoms with E-state index in [4.69, 9.17) is 14.2 Å². The zero-order valence-electron chi connectivity index (χ0n) is 36.7. The van der Waals surface area contributed by atoms with Crippen molar-refractivity contribution in [1.29, 1.82) is 0 Å². The van der Waals surface area contributed by atoms with E-state index in [1.807, 2.05) is 0 Å². The molecule has 6 nitrogen and oxygen atoms in total. The minimum atomic E-state index is -0.760. The molecule has 0 rings (SSSR count). The Balaban J connectivity index is 4.27. The van der Waals surface area contributed by atoms with Crippen LogP contribution in [0.4, 0.5) is 0 Å². The minimum absolute atomic E-state index is 0.0643. The van der Waals surface area contributed by atoms with Gasteiger partial charge in [-0.1, -0.05) is 227 Å². The normalized spacial score (nSPS) is 12.4. The zero-order valence-corrected chi connectivity index (χ0v) is 36.7. The predicted molar refractivity (Wildman–Crippen MR) is 229 cm³/mol. The largest absolute Gasteiger partial charge is 0.462 e. The molecule has 0 aromatic rings. The third-order valence-electron chi connectivity index (χ3n) is 11.2. The molecule has 0 amide bonds. The average Bonchev–Trinajstić information content (AvgIpc) is 3.17. The standard InChI is InChI=1S/C48H92O6/c1-5-8-10-12-14-16-18-19-20-21-22-23-25-27-32-36-40-47(50)53-43-45(54-48(51)41-37-33-29-28-30-34-38-44(4)7-3)42-52-46(49)39-35-31-26-24-17-15-13-11-9-6-2/h44-45H,5-43H2,1-4H3/t44?,45-/m0/s1. The van der Waals surface area contributed by atoms with Crippen LogP contribution in [0.1, 0.15) is 265 Å². The first-order chi connectivity index (χ1) is 26.4. The molecule has 0 heterocycles. The van der Waals surface area contributed by atoms with Gasteiger partial charge in [0.15, 0.2) is 6.10 Å². The minimum Gasteiger partial charge on any atom is -0.462 e. The van der Waals surface area contributed by atoms with Gasteiger partial charge in [-0.2, -0.15) is 0 Å². The average molecular weight is 765 g/mol. The number of carbonyl (C=O) groups is 3. The van der Waals surface area contributed by atoms with E-state index in [0.717, 1.165) is 63.7 Å². The summed E-state index contributed by atoms with van der Waals surface area (Å²) in [7, 11) is 0. The van der Waals surface area contributed by atoms with Crippen LogP contribution in [0.25, 0.3) is 0 Å². The monoisotopic (exact) mass is 765 g/mol.